The van der Waals surface area contributed by atoms with Gasteiger partial charge < -0.3 is 5.32 Å². The van der Waals surface area contributed by atoms with Crippen LogP contribution in [-0.4, -0.2) is 18.8 Å². The minimum absolute atomic E-state index is 0.0576. The Labute approximate surface area is 114 Å². The normalized spacial score (nSPS) is 25.5. The summed E-state index contributed by atoms with van der Waals surface area (Å²) in [4.78, 5) is 0. The lowest BCUT2D eigenvalue weighted by molar-refractivity contribution is -0.199. The highest BCUT2D eigenvalue weighted by molar-refractivity contribution is 4.97. The van der Waals surface area contributed by atoms with Crippen molar-refractivity contribution in [3.63, 3.8) is 0 Å². The van der Waals surface area contributed by atoms with Crippen molar-refractivity contribution in [3.8, 4) is 11.8 Å². The summed E-state index contributed by atoms with van der Waals surface area (Å²) < 4.78 is 39.4. The van der Waals surface area contributed by atoms with Gasteiger partial charge in [-0.1, -0.05) is 19.8 Å². The lowest BCUT2D eigenvalue weighted by Gasteiger charge is -2.38. The van der Waals surface area contributed by atoms with E-state index in [0.717, 1.165) is 6.42 Å². The molecule has 19 heavy (non-hydrogen) atoms. The van der Waals surface area contributed by atoms with E-state index in [0.29, 0.717) is 32.2 Å². The van der Waals surface area contributed by atoms with Crippen molar-refractivity contribution in [1.82, 2.24) is 5.32 Å². The Kier molecular flexibility index (Phi) is 6.71. The van der Waals surface area contributed by atoms with Gasteiger partial charge in [0.25, 0.3) is 0 Å². The van der Waals surface area contributed by atoms with E-state index in [2.05, 4.69) is 17.2 Å². The smallest absolute Gasteiger partial charge is 0.314 e. The van der Waals surface area contributed by atoms with E-state index in [1.165, 1.54) is 0 Å². The largest absolute Gasteiger partial charge is 0.392 e. The molecule has 1 rings (SSSR count). The topological polar surface area (TPSA) is 12.0 Å². The molecule has 3 atom stereocenters. The maximum absolute atomic E-state index is 13.1. The maximum Gasteiger partial charge on any atom is 0.392 e. The molecule has 1 saturated carbocycles. The van der Waals surface area contributed by atoms with E-state index in [9.17, 15) is 13.2 Å². The highest BCUT2D eigenvalue weighted by atomic mass is 19.4. The van der Waals surface area contributed by atoms with E-state index in [4.69, 9.17) is 0 Å². The van der Waals surface area contributed by atoms with Gasteiger partial charge in [-0.2, -0.15) is 13.2 Å². The summed E-state index contributed by atoms with van der Waals surface area (Å²) in [6, 6.07) is -0.0576. The summed E-state index contributed by atoms with van der Waals surface area (Å²) >= 11 is 0. The molecule has 3 unspecified atom stereocenters. The van der Waals surface area contributed by atoms with Gasteiger partial charge in [-0.25, -0.2) is 0 Å². The third-order valence-electron chi connectivity index (χ3n) is 3.98. The molecule has 0 amide bonds. The number of halogens is 3. The highest BCUT2D eigenvalue weighted by Crippen LogP contribution is 2.43. The second-order valence-corrected chi connectivity index (χ2v) is 5.23. The third kappa shape index (κ3) is 5.06. The first-order valence-electron chi connectivity index (χ1n) is 7.20. The zero-order valence-electron chi connectivity index (χ0n) is 11.8. The second-order valence-electron chi connectivity index (χ2n) is 5.23. The molecule has 0 spiro atoms. The predicted molar refractivity (Wildman–Crippen MR) is 71.7 cm³/mol. The molecule has 1 N–H and O–H groups in total. The van der Waals surface area contributed by atoms with Crippen LogP contribution in [0.25, 0.3) is 0 Å². The Morgan fingerprint density at radius 3 is 2.53 bits per heavy atom. The molecule has 0 radical (unpaired) electrons. The molecule has 0 aromatic heterocycles. The molecule has 1 aliphatic rings. The Bertz CT molecular complexity index is 314. The van der Waals surface area contributed by atoms with Crippen LogP contribution >= 0.6 is 0 Å². The fourth-order valence-electron chi connectivity index (χ4n) is 3.13. The van der Waals surface area contributed by atoms with Gasteiger partial charge in [0.05, 0.1) is 5.92 Å². The minimum atomic E-state index is -4.06. The van der Waals surface area contributed by atoms with E-state index in [-0.39, 0.29) is 18.4 Å². The molecule has 0 saturated heterocycles. The van der Waals surface area contributed by atoms with Crippen molar-refractivity contribution in [2.75, 3.05) is 6.54 Å². The first kappa shape index (κ1) is 16.4. The van der Waals surface area contributed by atoms with E-state index < -0.39 is 12.1 Å². The summed E-state index contributed by atoms with van der Waals surface area (Å²) in [5, 5.41) is 3.25. The molecule has 1 fully saturated rings. The molecule has 4 heteroatoms. The van der Waals surface area contributed by atoms with Crippen LogP contribution < -0.4 is 5.32 Å². The van der Waals surface area contributed by atoms with Crippen LogP contribution in [0.2, 0.25) is 0 Å². The van der Waals surface area contributed by atoms with Gasteiger partial charge in [-0.3, -0.25) is 0 Å². The number of hydrogen-bond acceptors (Lipinski definition) is 1. The van der Waals surface area contributed by atoms with Crippen LogP contribution in [0.3, 0.4) is 0 Å². The van der Waals surface area contributed by atoms with Gasteiger partial charge >= 0.3 is 6.18 Å². The number of nitrogens with one attached hydrogen (secondary N) is 1. The van der Waals surface area contributed by atoms with Crippen LogP contribution in [0.1, 0.15) is 52.4 Å². The van der Waals surface area contributed by atoms with Crippen molar-refractivity contribution >= 4 is 0 Å². The molecule has 1 nitrogen and oxygen atoms in total. The first-order valence-corrected chi connectivity index (χ1v) is 7.20. The zero-order valence-corrected chi connectivity index (χ0v) is 11.8. The summed E-state index contributed by atoms with van der Waals surface area (Å²) in [7, 11) is 0. The number of hydrogen-bond donors (Lipinski definition) is 1. The van der Waals surface area contributed by atoms with Gasteiger partial charge in [0.2, 0.25) is 0 Å². The number of rotatable bonds is 5. The average molecular weight is 275 g/mol. The molecular weight excluding hydrogens is 251 g/mol. The lowest BCUT2D eigenvalue weighted by atomic mass is 9.73. The number of alkyl halides is 3. The van der Waals surface area contributed by atoms with E-state index >= 15 is 0 Å². The molecule has 1 aliphatic carbocycles. The fraction of sp³-hybridized carbons (Fsp3) is 0.867. The summed E-state index contributed by atoms with van der Waals surface area (Å²) in [6.45, 7) is 4.43. The van der Waals surface area contributed by atoms with Crippen molar-refractivity contribution in [2.24, 2.45) is 11.8 Å². The molecule has 0 aromatic carbocycles. The van der Waals surface area contributed by atoms with Crippen LogP contribution in [0, 0.1) is 23.7 Å². The molecule has 0 aromatic rings. The monoisotopic (exact) mass is 275 g/mol. The SMILES string of the molecule is CC#CCCC(NCC)C1CCCCC1C(F)(F)F. The minimum Gasteiger partial charge on any atom is -0.314 e. The fourth-order valence-corrected chi connectivity index (χ4v) is 3.13. The van der Waals surface area contributed by atoms with Crippen LogP contribution in [-0.2, 0) is 0 Å². The summed E-state index contributed by atoms with van der Waals surface area (Å²) in [6.07, 6.45) is -0.0832. The predicted octanol–water partition coefficient (Wildman–Crippen LogP) is 4.14. The van der Waals surface area contributed by atoms with Gasteiger partial charge in [-0.15, -0.1) is 11.8 Å². The Balaban J connectivity index is 2.74. The lowest BCUT2D eigenvalue weighted by Crippen LogP contribution is -2.45. The van der Waals surface area contributed by atoms with Crippen molar-refractivity contribution in [1.29, 1.82) is 0 Å². The van der Waals surface area contributed by atoms with E-state index in [1.54, 1.807) is 6.92 Å². The van der Waals surface area contributed by atoms with E-state index in [1.807, 2.05) is 6.92 Å². The first-order chi connectivity index (χ1) is 9.00. The quantitative estimate of drug-likeness (QED) is 0.744. The highest BCUT2D eigenvalue weighted by Gasteiger charge is 2.47. The zero-order chi connectivity index (χ0) is 14.3. The standard InChI is InChI=1S/C15H24F3N/c1-3-5-6-11-14(19-4-2)12-9-7-8-10-13(12)15(16,17)18/h12-14,19H,4,6-11H2,1-2H3. The Morgan fingerprint density at radius 1 is 1.26 bits per heavy atom. The molecule has 0 heterocycles. The summed E-state index contributed by atoms with van der Waals surface area (Å²) in [5.41, 5.74) is 0. The van der Waals surface area contributed by atoms with Crippen LogP contribution in [0.15, 0.2) is 0 Å². The molecule has 0 aliphatic heterocycles. The van der Waals surface area contributed by atoms with Crippen molar-refractivity contribution in [3.05, 3.63) is 0 Å². The average Bonchev–Trinajstić information content (AvgIpc) is 2.37. The van der Waals surface area contributed by atoms with Crippen LogP contribution in [0.4, 0.5) is 13.2 Å². The van der Waals surface area contributed by atoms with Crippen LogP contribution in [0.5, 0.6) is 0 Å². The second kappa shape index (κ2) is 7.79. The molecule has 110 valence electrons. The van der Waals surface area contributed by atoms with Gasteiger partial charge in [0, 0.05) is 12.5 Å². The summed E-state index contributed by atoms with van der Waals surface area (Å²) in [5.74, 6) is 4.34. The van der Waals surface area contributed by atoms with Gasteiger partial charge in [0.15, 0.2) is 0 Å². The van der Waals surface area contributed by atoms with Gasteiger partial charge in [-0.05, 0) is 38.6 Å². The third-order valence-corrected chi connectivity index (χ3v) is 3.98. The Morgan fingerprint density at radius 2 is 1.95 bits per heavy atom. The maximum atomic E-state index is 13.1. The van der Waals surface area contributed by atoms with Crippen molar-refractivity contribution < 1.29 is 13.2 Å². The molecule has 0 bridgehead atoms. The van der Waals surface area contributed by atoms with Crippen molar-refractivity contribution in [2.45, 2.75) is 64.6 Å². The van der Waals surface area contributed by atoms with Gasteiger partial charge in [0.1, 0.15) is 0 Å². The molecular formula is C15H24F3N. The Hall–Kier alpha value is -0.690.